The Morgan fingerprint density at radius 3 is 1.17 bits per heavy atom. The Morgan fingerprint density at radius 1 is 1.17 bits per heavy atom. The topological polar surface area (TPSA) is 0 Å². The molecule has 0 aromatic heterocycles. The number of hydrogen-bond donors (Lipinski definition) is 0. The van der Waals surface area contributed by atoms with Crippen LogP contribution in [0, 0.1) is 74.7 Å². The van der Waals surface area contributed by atoms with Crippen LogP contribution in [0.5, 0.6) is 0 Å². The van der Waals surface area contributed by atoms with Gasteiger partial charge in [0.25, 0.3) is 0 Å². The minimum absolute atomic E-state index is 0. The van der Waals surface area contributed by atoms with Gasteiger partial charge in [0.1, 0.15) is 0 Å². The first kappa shape index (κ1) is 16.0. The molecule has 0 aliphatic rings. The molecule has 41 valence electrons. The van der Waals surface area contributed by atoms with E-state index in [-0.39, 0.29) is 61.6 Å². The molecule has 0 heterocycles. The average Bonchev–Trinajstić information content (AvgIpc) is 0.811. The molecule has 0 bridgehead atoms. The van der Waals surface area contributed by atoms with E-state index in [9.17, 15) is 4.39 Å². The Morgan fingerprint density at radius 2 is 1.17 bits per heavy atom. The van der Waals surface area contributed by atoms with Gasteiger partial charge in [0.2, 0.25) is 0 Å². The van der Waals surface area contributed by atoms with Crippen LogP contribution >= 0.6 is 0 Å². The first-order chi connectivity index (χ1) is 1.73. The minimum Gasteiger partial charge on any atom is -1.00 e. The van der Waals surface area contributed by atoms with Gasteiger partial charge in [0.15, 0.2) is 0 Å². The maximum absolute atomic E-state index is 9.78. The van der Waals surface area contributed by atoms with E-state index in [4.69, 9.17) is 0 Å². The SMILES string of the molecule is [F][Lu]([F])[F].[H-].[Li+].[Pr]. The first-order valence-electron chi connectivity index (χ1n) is 0.293. The molecule has 0 saturated heterocycles. The van der Waals surface area contributed by atoms with Gasteiger partial charge in [0, 0.05) is 41.3 Å². The third-order valence-corrected chi connectivity index (χ3v) is 0. The molecule has 0 spiro atoms. The fraction of sp³-hybridized carbons (Fsp3) is 0. The summed E-state index contributed by atoms with van der Waals surface area (Å²) in [4.78, 5) is 0. The predicted molar refractivity (Wildman–Crippen MR) is 4.44 cm³/mol. The van der Waals surface area contributed by atoms with E-state index in [2.05, 4.69) is 0 Å². The van der Waals surface area contributed by atoms with Crippen molar-refractivity contribution in [1.29, 1.82) is 0 Å². The summed E-state index contributed by atoms with van der Waals surface area (Å²) in [6, 6.07) is 0. The van der Waals surface area contributed by atoms with E-state index in [1.807, 2.05) is 0 Å². The molecule has 0 saturated carbocycles. The van der Waals surface area contributed by atoms with Crippen LogP contribution in [0.2, 0.25) is 0 Å². The van der Waals surface area contributed by atoms with Crippen molar-refractivity contribution in [3.05, 3.63) is 0 Å². The first-order valence-corrected chi connectivity index (χ1v) is 2.17. The van der Waals surface area contributed by atoms with Crippen LogP contribution in [-0.4, -0.2) is 0 Å². The van der Waals surface area contributed by atoms with E-state index >= 15 is 0 Å². The summed E-state index contributed by atoms with van der Waals surface area (Å²) >= 11 is -4.44. The average molecular weight is 381 g/mol. The zero-order valence-corrected chi connectivity index (χ0v) is 8.33. The summed E-state index contributed by atoms with van der Waals surface area (Å²) in [5.74, 6) is 0. The van der Waals surface area contributed by atoms with Crippen LogP contribution in [0.1, 0.15) is 1.43 Å². The van der Waals surface area contributed by atoms with E-state index in [0.717, 1.165) is 0 Å². The van der Waals surface area contributed by atoms with Gasteiger partial charge in [-0.2, -0.15) is 0 Å². The fourth-order valence-corrected chi connectivity index (χ4v) is 0. The van der Waals surface area contributed by atoms with E-state index < -0.39 is 33.4 Å². The Balaban J connectivity index is -0.0000000150. The van der Waals surface area contributed by atoms with Crippen LogP contribution in [0.3, 0.4) is 0 Å². The molecule has 6 heteroatoms. The minimum atomic E-state index is -4.44. The fourth-order valence-electron chi connectivity index (χ4n) is 0. The van der Waals surface area contributed by atoms with Crippen LogP contribution in [-0.2, 0) is 0 Å². The van der Waals surface area contributed by atoms with Gasteiger partial charge in [-0.15, -0.1) is 0 Å². The smallest absolute Gasteiger partial charge is 1.00 e. The molecule has 1 radical (unpaired) electrons. The molecular weight excluding hydrogens is 380 g/mol. The number of rotatable bonds is 0. The van der Waals surface area contributed by atoms with Crippen molar-refractivity contribution in [2.75, 3.05) is 0 Å². The molecule has 0 aromatic carbocycles. The van der Waals surface area contributed by atoms with Crippen LogP contribution in [0.25, 0.3) is 0 Å². The van der Waals surface area contributed by atoms with E-state index in [1.54, 1.807) is 0 Å². The zero-order chi connectivity index (χ0) is 3.58. The Bertz CT molecular complexity index is 19.7. The van der Waals surface area contributed by atoms with Gasteiger partial charge in [0.05, 0.1) is 0 Å². The molecule has 0 unspecified atom stereocenters. The van der Waals surface area contributed by atoms with Crippen LogP contribution < -0.4 is 18.9 Å². The van der Waals surface area contributed by atoms with Crippen LogP contribution in [0.15, 0.2) is 0 Å². The standard InChI is InChI=1S/3FH.Li.Lu.Pr.H/h3*1H;;;;/q;;;+1;+3;;-1/p-3. The molecule has 0 aliphatic carbocycles. The summed E-state index contributed by atoms with van der Waals surface area (Å²) in [7, 11) is 0. The van der Waals surface area contributed by atoms with Gasteiger partial charge >= 0.3 is 56.7 Å². The molecule has 0 rings (SSSR count). The normalized spacial score (nSPS) is 7.50. The van der Waals surface area contributed by atoms with Crippen molar-refractivity contribution in [2.45, 2.75) is 0 Å². The number of hydrogen-bond acceptors (Lipinski definition) is 0. The van der Waals surface area contributed by atoms with Crippen molar-refractivity contribution in [3.8, 4) is 0 Å². The van der Waals surface area contributed by atoms with Gasteiger partial charge in [-0.1, -0.05) is 0 Å². The molecule has 0 aromatic rings. The molecule has 0 aliphatic heterocycles. The van der Waals surface area contributed by atoms with Crippen molar-refractivity contribution in [3.63, 3.8) is 0 Å². The van der Waals surface area contributed by atoms with Crippen molar-refractivity contribution in [1.82, 2.24) is 0 Å². The Labute approximate surface area is 96.9 Å². The van der Waals surface area contributed by atoms with Gasteiger partial charge < -0.3 is 1.43 Å². The van der Waals surface area contributed by atoms with Gasteiger partial charge in [-0.05, 0) is 0 Å². The summed E-state index contributed by atoms with van der Waals surface area (Å²) in [6.07, 6.45) is 0. The summed E-state index contributed by atoms with van der Waals surface area (Å²) in [6.45, 7) is 0. The monoisotopic (exact) mass is 381 g/mol. The van der Waals surface area contributed by atoms with Crippen molar-refractivity contribution < 1.29 is 99.4 Å². The van der Waals surface area contributed by atoms with E-state index in [0.29, 0.717) is 0 Å². The van der Waals surface area contributed by atoms with Crippen molar-refractivity contribution in [2.24, 2.45) is 0 Å². The second-order valence-electron chi connectivity index (χ2n) is 0.111. The zero-order valence-electron chi connectivity index (χ0n) is 3.97. The van der Waals surface area contributed by atoms with Gasteiger partial charge in [-0.25, -0.2) is 0 Å². The number of halogens is 3. The predicted octanol–water partition coefficient (Wildman–Crippen LogP) is -1.62. The maximum Gasteiger partial charge on any atom is 1.00 e. The third-order valence-electron chi connectivity index (χ3n) is 0. The maximum atomic E-state index is 9.78. The molecule has 0 nitrogen and oxygen atoms in total. The van der Waals surface area contributed by atoms with Crippen molar-refractivity contribution >= 4 is 0 Å². The Hall–Kier alpha value is 2.98. The summed E-state index contributed by atoms with van der Waals surface area (Å²) in [5.41, 5.74) is 0. The van der Waals surface area contributed by atoms with Gasteiger partial charge in [-0.3, -0.25) is 0 Å². The second kappa shape index (κ2) is 10.9. The molecular formula is HF3LiLuPr. The molecule has 0 N–H and O–H groups in total. The third kappa shape index (κ3) is 28.1. The molecule has 0 fully saturated rings. The van der Waals surface area contributed by atoms with E-state index in [1.165, 1.54) is 0 Å². The molecule has 0 atom stereocenters. The summed E-state index contributed by atoms with van der Waals surface area (Å²) in [5, 5.41) is 0. The largest absolute Gasteiger partial charge is 1.00 e. The second-order valence-corrected chi connectivity index (χ2v) is 0.821. The summed E-state index contributed by atoms with van der Waals surface area (Å²) < 4.78 is 29.3. The molecule has 6 heavy (non-hydrogen) atoms. The quantitative estimate of drug-likeness (QED) is 0.443. The van der Waals surface area contributed by atoms with Crippen LogP contribution in [0.4, 0.5) is 4.39 Å². The molecule has 0 amide bonds. The Kier molecular flexibility index (Phi) is 29.0.